The van der Waals surface area contributed by atoms with Crippen molar-refractivity contribution in [3.05, 3.63) is 41.5 Å². The number of hydrogen-bond acceptors (Lipinski definition) is 1. The second-order valence-corrected chi connectivity index (χ2v) is 4.37. The Hall–Kier alpha value is -1.24. The summed E-state index contributed by atoms with van der Waals surface area (Å²) >= 11 is 0. The molecule has 0 amide bonds. The fourth-order valence-corrected chi connectivity index (χ4v) is 1.94. The minimum absolute atomic E-state index is 0.611. The van der Waals surface area contributed by atoms with E-state index in [9.17, 15) is 0 Å². The molecule has 0 aliphatic carbocycles. The van der Waals surface area contributed by atoms with Crippen LogP contribution in [0.15, 0.2) is 24.8 Å². The zero-order chi connectivity index (χ0) is 10.3. The second kappa shape index (κ2) is 3.16. The van der Waals surface area contributed by atoms with Gasteiger partial charge in [0.2, 0.25) is 0 Å². The van der Waals surface area contributed by atoms with Crippen molar-refractivity contribution in [2.75, 3.05) is 7.05 Å². The average molecular weight is 187 g/mol. The van der Waals surface area contributed by atoms with E-state index in [-0.39, 0.29) is 0 Å². The van der Waals surface area contributed by atoms with Gasteiger partial charge in [0.1, 0.15) is 0 Å². The Morgan fingerprint density at radius 3 is 2.71 bits per heavy atom. The fourth-order valence-electron chi connectivity index (χ4n) is 1.94. The number of hydrogen-bond donors (Lipinski definition) is 0. The van der Waals surface area contributed by atoms with Gasteiger partial charge >= 0.3 is 0 Å². The molecule has 0 radical (unpaired) electrons. The van der Waals surface area contributed by atoms with Gasteiger partial charge in [-0.25, -0.2) is 0 Å². The summed E-state index contributed by atoms with van der Waals surface area (Å²) in [7, 11) is 2.09. The van der Waals surface area contributed by atoms with Gasteiger partial charge in [-0.1, -0.05) is 38.6 Å². The van der Waals surface area contributed by atoms with Crippen molar-refractivity contribution in [3.63, 3.8) is 0 Å². The van der Waals surface area contributed by atoms with Crippen molar-refractivity contribution >= 4 is 5.70 Å². The highest BCUT2D eigenvalue weighted by atomic mass is 15.1. The molecule has 1 aliphatic rings. The molecule has 0 atom stereocenters. The van der Waals surface area contributed by atoms with Crippen molar-refractivity contribution < 1.29 is 0 Å². The quantitative estimate of drug-likeness (QED) is 0.652. The van der Waals surface area contributed by atoms with Crippen LogP contribution in [0.4, 0.5) is 0 Å². The summed E-state index contributed by atoms with van der Waals surface area (Å²) in [6.45, 7) is 9.55. The van der Waals surface area contributed by atoms with Gasteiger partial charge in [0.25, 0.3) is 0 Å². The summed E-state index contributed by atoms with van der Waals surface area (Å²) in [4.78, 5) is 2.20. The molecule has 1 aliphatic heterocycles. The molecule has 1 aromatic carbocycles. The second-order valence-electron chi connectivity index (χ2n) is 4.37. The topological polar surface area (TPSA) is 3.24 Å². The van der Waals surface area contributed by atoms with E-state index < -0.39 is 0 Å². The molecule has 1 aromatic rings. The third kappa shape index (κ3) is 1.33. The Kier molecular flexibility index (Phi) is 2.10. The minimum Gasteiger partial charge on any atom is -0.370 e. The molecule has 2 rings (SSSR count). The Bertz CT molecular complexity index is 377. The molecule has 0 fully saturated rings. The van der Waals surface area contributed by atoms with E-state index in [2.05, 4.69) is 50.6 Å². The van der Waals surface area contributed by atoms with Gasteiger partial charge in [0.05, 0.1) is 0 Å². The molecule has 0 spiro atoms. The first-order valence-corrected chi connectivity index (χ1v) is 5.13. The smallest absolute Gasteiger partial charge is 0.0433 e. The zero-order valence-electron chi connectivity index (χ0n) is 9.17. The van der Waals surface area contributed by atoms with Crippen LogP contribution in [0, 0.1) is 0 Å². The predicted molar refractivity (Wildman–Crippen MR) is 61.0 cm³/mol. The minimum atomic E-state index is 0.611. The standard InChI is InChI=1S/C13H17N/c1-9(2)11-5-6-13-10(3)14(4)8-12(13)7-11/h5-7,9H,3,8H2,1-2,4H3. The molecule has 0 N–H and O–H groups in total. The summed E-state index contributed by atoms with van der Waals surface area (Å²) in [5.41, 5.74) is 5.31. The lowest BCUT2D eigenvalue weighted by molar-refractivity contribution is 0.501. The molecule has 0 saturated heterocycles. The summed E-state index contributed by atoms with van der Waals surface area (Å²) in [6, 6.07) is 6.74. The maximum atomic E-state index is 4.08. The molecule has 0 aromatic heterocycles. The first kappa shape index (κ1) is 9.32. The molecule has 1 heterocycles. The molecule has 0 bridgehead atoms. The van der Waals surface area contributed by atoms with Gasteiger partial charge in [-0.2, -0.15) is 0 Å². The van der Waals surface area contributed by atoms with Crippen LogP contribution < -0.4 is 0 Å². The molecular weight excluding hydrogens is 170 g/mol. The number of nitrogens with zero attached hydrogens (tertiary/aromatic N) is 1. The Morgan fingerprint density at radius 1 is 1.36 bits per heavy atom. The highest BCUT2D eigenvalue weighted by Gasteiger charge is 2.19. The first-order valence-electron chi connectivity index (χ1n) is 5.13. The van der Waals surface area contributed by atoms with Crippen molar-refractivity contribution in [1.29, 1.82) is 0 Å². The summed E-state index contributed by atoms with van der Waals surface area (Å²) in [6.07, 6.45) is 0. The molecule has 14 heavy (non-hydrogen) atoms. The molecule has 0 unspecified atom stereocenters. The van der Waals surface area contributed by atoms with E-state index >= 15 is 0 Å². The number of benzene rings is 1. The maximum absolute atomic E-state index is 4.08. The van der Waals surface area contributed by atoms with E-state index in [1.807, 2.05) is 0 Å². The highest BCUT2D eigenvalue weighted by Crippen LogP contribution is 2.31. The van der Waals surface area contributed by atoms with E-state index in [4.69, 9.17) is 0 Å². The Balaban J connectivity index is 2.44. The van der Waals surface area contributed by atoms with Crippen LogP contribution in [-0.4, -0.2) is 11.9 Å². The van der Waals surface area contributed by atoms with Crippen molar-refractivity contribution in [3.8, 4) is 0 Å². The summed E-state index contributed by atoms with van der Waals surface area (Å²) in [5.74, 6) is 0.611. The third-order valence-corrected chi connectivity index (χ3v) is 2.98. The van der Waals surface area contributed by atoms with E-state index in [1.165, 1.54) is 16.7 Å². The number of rotatable bonds is 1. The molecule has 1 nitrogen and oxygen atoms in total. The lowest BCUT2D eigenvalue weighted by Crippen LogP contribution is -2.05. The summed E-state index contributed by atoms with van der Waals surface area (Å²) < 4.78 is 0. The lowest BCUT2D eigenvalue weighted by atomic mass is 9.98. The van der Waals surface area contributed by atoms with Crippen molar-refractivity contribution in [1.82, 2.24) is 4.90 Å². The fraction of sp³-hybridized carbons (Fsp3) is 0.385. The van der Waals surface area contributed by atoms with E-state index in [0.29, 0.717) is 5.92 Å². The third-order valence-electron chi connectivity index (χ3n) is 2.98. The van der Waals surface area contributed by atoms with Crippen LogP contribution in [0.3, 0.4) is 0 Å². The van der Waals surface area contributed by atoms with E-state index in [0.717, 1.165) is 12.2 Å². The number of fused-ring (bicyclic) bond motifs is 1. The molecule has 0 saturated carbocycles. The van der Waals surface area contributed by atoms with Crippen LogP contribution in [0.2, 0.25) is 0 Å². The maximum Gasteiger partial charge on any atom is 0.0433 e. The first-order chi connectivity index (χ1) is 6.59. The highest BCUT2D eigenvalue weighted by molar-refractivity contribution is 5.69. The van der Waals surface area contributed by atoms with Gasteiger partial charge in [-0.05, 0) is 17.0 Å². The van der Waals surface area contributed by atoms with Gasteiger partial charge < -0.3 is 4.90 Å². The largest absolute Gasteiger partial charge is 0.370 e. The van der Waals surface area contributed by atoms with Crippen molar-refractivity contribution in [2.45, 2.75) is 26.3 Å². The Morgan fingerprint density at radius 2 is 2.07 bits per heavy atom. The average Bonchev–Trinajstić information content (AvgIpc) is 2.42. The van der Waals surface area contributed by atoms with Gasteiger partial charge in [0.15, 0.2) is 0 Å². The SMILES string of the molecule is C=C1c2ccc(C(C)C)cc2CN1C. The van der Waals surface area contributed by atoms with Crippen LogP contribution in [0.25, 0.3) is 5.70 Å². The lowest BCUT2D eigenvalue weighted by Gasteiger charge is -2.10. The van der Waals surface area contributed by atoms with Gasteiger partial charge in [0, 0.05) is 24.9 Å². The summed E-state index contributed by atoms with van der Waals surface area (Å²) in [5, 5.41) is 0. The van der Waals surface area contributed by atoms with Crippen LogP contribution in [0.1, 0.15) is 36.5 Å². The predicted octanol–water partition coefficient (Wildman–Crippen LogP) is 3.23. The molecular formula is C13H17N. The molecule has 1 heteroatoms. The van der Waals surface area contributed by atoms with Gasteiger partial charge in [-0.3, -0.25) is 0 Å². The van der Waals surface area contributed by atoms with E-state index in [1.54, 1.807) is 0 Å². The van der Waals surface area contributed by atoms with Crippen LogP contribution in [0.5, 0.6) is 0 Å². The molecule has 74 valence electrons. The normalized spacial score (nSPS) is 15.1. The van der Waals surface area contributed by atoms with Crippen molar-refractivity contribution in [2.24, 2.45) is 0 Å². The van der Waals surface area contributed by atoms with Crippen LogP contribution in [-0.2, 0) is 6.54 Å². The van der Waals surface area contributed by atoms with Crippen LogP contribution >= 0.6 is 0 Å². The van der Waals surface area contributed by atoms with Gasteiger partial charge in [-0.15, -0.1) is 0 Å². The Labute approximate surface area is 86.1 Å². The monoisotopic (exact) mass is 187 g/mol. The zero-order valence-corrected chi connectivity index (χ0v) is 9.17.